The van der Waals surface area contributed by atoms with Crippen LogP contribution >= 0.6 is 0 Å². The van der Waals surface area contributed by atoms with E-state index < -0.39 is 0 Å². The van der Waals surface area contributed by atoms with E-state index in [4.69, 9.17) is 0 Å². The lowest BCUT2D eigenvalue weighted by atomic mass is 9.87. The molecule has 0 saturated carbocycles. The van der Waals surface area contributed by atoms with Gasteiger partial charge in [-0.15, -0.1) is 20.4 Å². The molecule has 0 unspecified atom stereocenters. The third-order valence-corrected chi connectivity index (χ3v) is 5.33. The number of benzene rings is 5. The van der Waals surface area contributed by atoms with Crippen LogP contribution in [0.2, 0.25) is 0 Å². The van der Waals surface area contributed by atoms with E-state index in [9.17, 15) is 0 Å². The van der Waals surface area contributed by atoms with E-state index >= 15 is 0 Å². The summed E-state index contributed by atoms with van der Waals surface area (Å²) in [6.45, 7) is 0. The average Bonchev–Trinajstić information content (AvgIpc) is 2.65. The van der Waals surface area contributed by atoms with Crippen molar-refractivity contribution in [2.45, 2.75) is 0 Å². The first-order valence-corrected chi connectivity index (χ1v) is 7.94. The van der Waals surface area contributed by atoms with Gasteiger partial charge in [0.05, 0.1) is 11.0 Å². The minimum absolute atomic E-state index is 0.626. The molecule has 0 amide bonds. The summed E-state index contributed by atoms with van der Waals surface area (Å²) in [7, 11) is 0. The molecule has 0 radical (unpaired) electrons. The molecule has 0 aliphatic rings. The van der Waals surface area contributed by atoms with Gasteiger partial charge in [0.2, 0.25) is 5.65 Å². The Labute approximate surface area is 134 Å². The molecule has 4 nitrogen and oxygen atoms in total. The van der Waals surface area contributed by atoms with Crippen molar-refractivity contribution < 1.29 is 0 Å². The molecule has 0 fully saturated rings. The van der Waals surface area contributed by atoms with Gasteiger partial charge >= 0.3 is 0 Å². The largest absolute Gasteiger partial charge is 0.204 e. The summed E-state index contributed by atoms with van der Waals surface area (Å²) in [5, 5.41) is 28.4. The Balaban J connectivity index is 2.11. The average molecular weight is 304 g/mol. The highest BCUT2D eigenvalue weighted by molar-refractivity contribution is 6.43. The van der Waals surface area contributed by atoms with E-state index in [1.54, 1.807) is 0 Å². The van der Waals surface area contributed by atoms with Gasteiger partial charge in [-0.25, -0.2) is 0 Å². The summed E-state index contributed by atoms with van der Waals surface area (Å²) in [5.41, 5.74) is 2.47. The van der Waals surface area contributed by atoms with Crippen molar-refractivity contribution in [1.82, 2.24) is 20.4 Å². The molecule has 24 heavy (non-hydrogen) atoms. The molecule has 108 valence electrons. The summed E-state index contributed by atoms with van der Waals surface area (Å²) in [4.78, 5) is 0. The Hall–Kier alpha value is -3.40. The molecule has 0 N–H and O–H groups in total. The Kier molecular flexibility index (Phi) is 1.59. The van der Waals surface area contributed by atoms with Crippen molar-refractivity contribution in [3.63, 3.8) is 0 Å². The lowest BCUT2D eigenvalue weighted by Gasteiger charge is -2.18. The van der Waals surface area contributed by atoms with Crippen LogP contribution in [-0.2, 0) is 0 Å². The van der Waals surface area contributed by atoms with Crippen molar-refractivity contribution in [1.29, 1.82) is 0 Å². The molecule has 0 bridgehead atoms. The third-order valence-electron chi connectivity index (χ3n) is 5.33. The first-order chi connectivity index (χ1) is 11.9. The molecule has 0 spiro atoms. The summed E-state index contributed by atoms with van der Waals surface area (Å²) in [6.07, 6.45) is 0. The second-order valence-electron chi connectivity index (χ2n) is 6.44. The lowest BCUT2D eigenvalue weighted by molar-refractivity contribution is 1.03. The Bertz CT molecular complexity index is 1160. The van der Waals surface area contributed by atoms with Crippen molar-refractivity contribution in [2.24, 2.45) is 0 Å². The summed E-state index contributed by atoms with van der Waals surface area (Å²) < 4.78 is 0. The van der Waals surface area contributed by atoms with Crippen LogP contribution < -0.4 is 0 Å². The van der Waals surface area contributed by atoms with Crippen molar-refractivity contribution in [3.05, 3.63) is 48.5 Å². The highest BCUT2D eigenvalue weighted by Crippen LogP contribution is 2.46. The van der Waals surface area contributed by atoms with E-state index in [2.05, 4.69) is 68.9 Å². The lowest BCUT2D eigenvalue weighted by Crippen LogP contribution is -1.99. The van der Waals surface area contributed by atoms with Crippen LogP contribution in [0.4, 0.5) is 0 Å². The van der Waals surface area contributed by atoms with Crippen molar-refractivity contribution in [3.8, 4) is 0 Å². The van der Waals surface area contributed by atoms with Gasteiger partial charge < -0.3 is 0 Å². The maximum Gasteiger partial charge on any atom is 0.204 e. The molecule has 2 aromatic heterocycles. The predicted molar refractivity (Wildman–Crippen MR) is 96.2 cm³/mol. The molecule has 7 aromatic rings. The van der Waals surface area contributed by atoms with Crippen LogP contribution in [-0.4, -0.2) is 20.4 Å². The number of hydrogen-bond donors (Lipinski definition) is 0. The molecular weight excluding hydrogens is 296 g/mol. The van der Waals surface area contributed by atoms with E-state index in [-0.39, 0.29) is 0 Å². The molecule has 5 aromatic carbocycles. The fourth-order valence-corrected chi connectivity index (χ4v) is 4.37. The number of hydrogen-bond acceptors (Lipinski definition) is 4. The Morgan fingerprint density at radius 2 is 0.792 bits per heavy atom. The molecule has 0 saturated heterocycles. The van der Waals surface area contributed by atoms with Crippen LogP contribution in [0.3, 0.4) is 0 Å². The number of nitrogens with zero attached hydrogens (tertiary/aromatic N) is 4. The van der Waals surface area contributed by atoms with Crippen LogP contribution in [0.1, 0.15) is 0 Å². The zero-order chi connectivity index (χ0) is 15.4. The molecule has 0 atom stereocenters. The van der Waals surface area contributed by atoms with E-state index in [1.807, 2.05) is 0 Å². The second kappa shape index (κ2) is 3.41. The Morgan fingerprint density at radius 1 is 0.375 bits per heavy atom. The summed E-state index contributed by atoms with van der Waals surface area (Å²) in [6, 6.07) is 17.2. The van der Waals surface area contributed by atoms with E-state index in [0.29, 0.717) is 5.65 Å². The summed E-state index contributed by atoms with van der Waals surface area (Å²) in [5.74, 6) is 0. The first-order valence-electron chi connectivity index (χ1n) is 7.94. The topological polar surface area (TPSA) is 51.6 Å². The van der Waals surface area contributed by atoms with Gasteiger partial charge in [-0.3, -0.25) is 0 Å². The highest BCUT2D eigenvalue weighted by atomic mass is 15.2. The molecular formula is C20H8N4. The SMILES string of the molecule is c1cc2ccc3nnc4nnc5ccc6ccc1c1c2c3c4c5c61. The quantitative estimate of drug-likeness (QED) is 0.306. The monoisotopic (exact) mass is 304 g/mol. The van der Waals surface area contributed by atoms with Crippen LogP contribution in [0.25, 0.3) is 65.2 Å². The van der Waals surface area contributed by atoms with Gasteiger partial charge in [-0.2, -0.15) is 0 Å². The van der Waals surface area contributed by atoms with Crippen molar-refractivity contribution in [2.75, 3.05) is 0 Å². The van der Waals surface area contributed by atoms with Crippen LogP contribution in [0.15, 0.2) is 48.5 Å². The fourth-order valence-electron chi connectivity index (χ4n) is 4.37. The summed E-state index contributed by atoms with van der Waals surface area (Å²) >= 11 is 0. The normalized spacial score (nSPS) is 13.0. The predicted octanol–water partition coefficient (Wildman–Crippen LogP) is 4.50. The number of aromatic nitrogens is 4. The maximum atomic E-state index is 4.39. The van der Waals surface area contributed by atoms with Gasteiger partial charge in [-0.05, 0) is 33.7 Å². The first kappa shape index (κ1) is 11.2. The molecule has 4 heteroatoms. The fraction of sp³-hybridized carbons (Fsp3) is 0. The van der Waals surface area contributed by atoms with E-state index in [1.165, 1.54) is 32.3 Å². The molecule has 2 heterocycles. The van der Waals surface area contributed by atoms with Crippen LogP contribution in [0, 0.1) is 0 Å². The third kappa shape index (κ3) is 1.04. The molecule has 0 aliphatic heterocycles. The smallest absolute Gasteiger partial charge is 0.148 e. The highest BCUT2D eigenvalue weighted by Gasteiger charge is 2.21. The molecule has 0 aliphatic carbocycles. The van der Waals surface area contributed by atoms with Gasteiger partial charge in [0.25, 0.3) is 0 Å². The minimum Gasteiger partial charge on any atom is -0.148 e. The zero-order valence-electron chi connectivity index (χ0n) is 12.4. The maximum absolute atomic E-state index is 4.39. The Morgan fingerprint density at radius 3 is 1.29 bits per heavy atom. The van der Waals surface area contributed by atoms with Gasteiger partial charge in [0, 0.05) is 26.9 Å². The molecule has 7 rings (SSSR count). The minimum atomic E-state index is 0.626. The van der Waals surface area contributed by atoms with Crippen LogP contribution in [0.5, 0.6) is 0 Å². The van der Waals surface area contributed by atoms with Gasteiger partial charge in [0.15, 0.2) is 0 Å². The van der Waals surface area contributed by atoms with Crippen molar-refractivity contribution >= 4 is 65.2 Å². The van der Waals surface area contributed by atoms with Gasteiger partial charge in [0.1, 0.15) is 0 Å². The number of rotatable bonds is 0. The second-order valence-corrected chi connectivity index (χ2v) is 6.44. The van der Waals surface area contributed by atoms with Gasteiger partial charge in [-0.1, -0.05) is 36.4 Å². The standard InChI is InChI=1S/C20H8N4/c1-3-10-5-7-12-17-15(10)14-9(1)2-4-11-6-8-13-18(16(11)14)19(17)20(23-21-12)24-22-13/h1-8H. The van der Waals surface area contributed by atoms with E-state index in [0.717, 1.165) is 27.2 Å². The zero-order valence-corrected chi connectivity index (χ0v) is 12.4.